The molecule has 1 atom stereocenters. The Labute approximate surface area is 155 Å². The van der Waals surface area contributed by atoms with Gasteiger partial charge in [0, 0.05) is 11.3 Å². The molecule has 0 fully saturated rings. The van der Waals surface area contributed by atoms with Gasteiger partial charge in [-0.1, -0.05) is 12.1 Å². The second kappa shape index (κ2) is 6.64. The topological polar surface area (TPSA) is 114 Å². The zero-order valence-electron chi connectivity index (χ0n) is 14.3. The number of aromatic nitrogens is 2. The summed E-state index contributed by atoms with van der Waals surface area (Å²) >= 11 is 0. The van der Waals surface area contributed by atoms with Gasteiger partial charge in [-0.2, -0.15) is 18.3 Å². The lowest BCUT2D eigenvalue weighted by atomic mass is 10.1. The van der Waals surface area contributed by atoms with E-state index >= 15 is 0 Å². The predicted molar refractivity (Wildman–Crippen MR) is 88.5 cm³/mol. The van der Waals surface area contributed by atoms with Gasteiger partial charge in [-0.3, -0.25) is 25.0 Å². The quantitative estimate of drug-likeness (QED) is 0.602. The summed E-state index contributed by atoms with van der Waals surface area (Å²) in [6.07, 6.45) is -2.26. The second-order valence-corrected chi connectivity index (χ2v) is 6.15. The van der Waals surface area contributed by atoms with Gasteiger partial charge in [-0.15, -0.1) is 0 Å². The summed E-state index contributed by atoms with van der Waals surface area (Å²) in [7, 11) is 0. The smallest absolute Gasteiger partial charge is 0.359 e. The van der Waals surface area contributed by atoms with Crippen molar-refractivity contribution in [2.45, 2.75) is 25.4 Å². The first-order valence-electron chi connectivity index (χ1n) is 7.87. The Morgan fingerprint density at radius 2 is 2.00 bits per heavy atom. The number of carbonyl (C=O) groups is 1. The molecular formula is C16H14F3N5O4. The maximum Gasteiger partial charge on any atom is 0.442 e. The fraction of sp³-hybridized carbons (Fsp3) is 0.250. The maximum atomic E-state index is 13.2. The van der Waals surface area contributed by atoms with Crippen molar-refractivity contribution in [1.82, 2.24) is 20.2 Å². The molecule has 2 aromatic rings. The first-order valence-corrected chi connectivity index (χ1v) is 7.87. The van der Waals surface area contributed by atoms with E-state index in [4.69, 9.17) is 0 Å². The zero-order chi connectivity index (χ0) is 20.7. The summed E-state index contributed by atoms with van der Waals surface area (Å²) in [5.74, 6) is -1.07. The third kappa shape index (κ3) is 3.41. The lowest BCUT2D eigenvalue weighted by Crippen LogP contribution is -2.60. The van der Waals surface area contributed by atoms with Crippen molar-refractivity contribution in [3.63, 3.8) is 0 Å². The average molecular weight is 397 g/mol. The number of halogens is 3. The summed E-state index contributed by atoms with van der Waals surface area (Å²) in [5, 5.41) is 24.6. The number of nitrogens with zero attached hydrogens (tertiary/aromatic N) is 4. The average Bonchev–Trinajstić information content (AvgIpc) is 3.19. The molecule has 0 saturated heterocycles. The molecular weight excluding hydrogens is 383 g/mol. The van der Waals surface area contributed by atoms with Crippen LogP contribution < -0.4 is 5.43 Å². The number of rotatable bonds is 4. The molecule has 12 heteroatoms. The van der Waals surface area contributed by atoms with Crippen molar-refractivity contribution < 1.29 is 28.0 Å². The number of allylic oxidation sites excluding steroid dienone is 1. The molecule has 1 aliphatic rings. The van der Waals surface area contributed by atoms with Crippen molar-refractivity contribution in [2.75, 3.05) is 0 Å². The molecule has 0 aliphatic carbocycles. The van der Waals surface area contributed by atoms with Crippen LogP contribution in [-0.2, 0) is 6.54 Å². The standard InChI is InChI=1S/C16H14F3N5O4/c1-10-6-15(26,16(17,18)19)23(21-10)14(25)12-4-2-11(3-5-12)8-22-9-13(7-20-22)24(27)28/h2-7,9,21,26H,8H2,1H3. The summed E-state index contributed by atoms with van der Waals surface area (Å²) < 4.78 is 41.0. The van der Waals surface area contributed by atoms with Crippen molar-refractivity contribution in [1.29, 1.82) is 0 Å². The molecule has 1 unspecified atom stereocenters. The minimum Gasteiger partial charge on any atom is -0.359 e. The van der Waals surface area contributed by atoms with Crippen LogP contribution in [0.2, 0.25) is 0 Å². The van der Waals surface area contributed by atoms with E-state index in [-0.39, 0.29) is 28.5 Å². The molecule has 148 valence electrons. The van der Waals surface area contributed by atoms with Crippen molar-refractivity contribution in [2.24, 2.45) is 0 Å². The summed E-state index contributed by atoms with van der Waals surface area (Å²) in [5.41, 5.74) is -0.920. The van der Waals surface area contributed by atoms with Crippen LogP contribution in [0.15, 0.2) is 48.4 Å². The first-order chi connectivity index (χ1) is 13.0. The van der Waals surface area contributed by atoms with E-state index in [9.17, 15) is 33.2 Å². The van der Waals surface area contributed by atoms with Gasteiger partial charge >= 0.3 is 11.9 Å². The Kier molecular flexibility index (Phi) is 4.59. The number of nitrogens with one attached hydrogen (secondary N) is 1. The van der Waals surface area contributed by atoms with Crippen LogP contribution in [0.1, 0.15) is 22.8 Å². The van der Waals surface area contributed by atoms with Crippen LogP contribution >= 0.6 is 0 Å². The molecule has 2 heterocycles. The second-order valence-electron chi connectivity index (χ2n) is 6.15. The Morgan fingerprint density at radius 3 is 2.54 bits per heavy atom. The van der Waals surface area contributed by atoms with Crippen LogP contribution in [0.4, 0.5) is 18.9 Å². The fourth-order valence-electron chi connectivity index (χ4n) is 2.68. The van der Waals surface area contributed by atoms with Crippen LogP contribution in [0.25, 0.3) is 0 Å². The molecule has 1 aliphatic heterocycles. The number of hydrazine groups is 1. The molecule has 0 bridgehead atoms. The van der Waals surface area contributed by atoms with Crippen molar-refractivity contribution >= 4 is 11.6 Å². The van der Waals surface area contributed by atoms with E-state index in [2.05, 4.69) is 10.5 Å². The largest absolute Gasteiger partial charge is 0.442 e. The number of carbonyl (C=O) groups excluding carboxylic acids is 1. The molecule has 1 aromatic heterocycles. The molecule has 2 N–H and O–H groups in total. The lowest BCUT2D eigenvalue weighted by molar-refractivity contribution is -0.385. The van der Waals surface area contributed by atoms with E-state index in [1.54, 1.807) is 0 Å². The highest BCUT2D eigenvalue weighted by molar-refractivity contribution is 5.95. The van der Waals surface area contributed by atoms with Crippen molar-refractivity contribution in [3.05, 3.63) is 69.7 Å². The molecule has 0 saturated carbocycles. The monoisotopic (exact) mass is 397 g/mol. The van der Waals surface area contributed by atoms with Crippen LogP contribution in [-0.4, -0.2) is 42.6 Å². The molecule has 28 heavy (non-hydrogen) atoms. The summed E-state index contributed by atoms with van der Waals surface area (Å²) in [6.45, 7) is 1.45. The van der Waals surface area contributed by atoms with Crippen LogP contribution in [0.3, 0.4) is 0 Å². The molecule has 1 aromatic carbocycles. The zero-order valence-corrected chi connectivity index (χ0v) is 14.3. The highest BCUT2D eigenvalue weighted by atomic mass is 19.4. The number of nitro groups is 1. The summed E-state index contributed by atoms with van der Waals surface area (Å²) in [4.78, 5) is 22.5. The molecule has 1 amide bonds. The number of benzene rings is 1. The van der Waals surface area contributed by atoms with Gasteiger partial charge in [0.15, 0.2) is 0 Å². The highest BCUT2D eigenvalue weighted by Gasteiger charge is 2.61. The minimum atomic E-state index is -5.10. The summed E-state index contributed by atoms with van der Waals surface area (Å²) in [6, 6.07) is 5.54. The molecule has 3 rings (SSSR count). The SMILES string of the molecule is CC1=CC(O)(C(F)(F)F)N(C(=O)c2ccc(Cn3cc([N+](=O)[O-])cn3)cc2)N1. The number of amides is 1. The maximum absolute atomic E-state index is 13.2. The van der Waals surface area contributed by atoms with E-state index in [0.29, 0.717) is 11.6 Å². The predicted octanol–water partition coefficient (Wildman–Crippen LogP) is 1.95. The van der Waals surface area contributed by atoms with E-state index < -0.39 is 22.7 Å². The van der Waals surface area contributed by atoms with E-state index in [1.807, 2.05) is 0 Å². The van der Waals surface area contributed by atoms with Gasteiger partial charge in [-0.05, 0) is 30.7 Å². The fourth-order valence-corrected chi connectivity index (χ4v) is 2.68. The van der Waals surface area contributed by atoms with Gasteiger partial charge in [0.1, 0.15) is 12.4 Å². The Morgan fingerprint density at radius 1 is 1.36 bits per heavy atom. The Balaban J connectivity index is 1.77. The van der Waals surface area contributed by atoms with Gasteiger partial charge < -0.3 is 5.11 Å². The van der Waals surface area contributed by atoms with E-state index in [1.165, 1.54) is 42.1 Å². The number of hydrogen-bond acceptors (Lipinski definition) is 6. The Bertz CT molecular complexity index is 954. The van der Waals surface area contributed by atoms with E-state index in [0.717, 1.165) is 6.20 Å². The molecule has 0 radical (unpaired) electrons. The van der Waals surface area contributed by atoms with Gasteiger partial charge in [-0.25, -0.2) is 5.01 Å². The lowest BCUT2D eigenvalue weighted by Gasteiger charge is -2.33. The number of aliphatic hydroxyl groups is 1. The van der Waals surface area contributed by atoms with Gasteiger partial charge in [0.05, 0.1) is 11.5 Å². The third-order valence-electron chi connectivity index (χ3n) is 4.04. The van der Waals surface area contributed by atoms with Crippen LogP contribution in [0.5, 0.6) is 0 Å². The third-order valence-corrected chi connectivity index (χ3v) is 4.04. The molecule has 9 nitrogen and oxygen atoms in total. The first kappa shape index (κ1) is 19.4. The minimum absolute atomic E-state index is 0.0231. The normalized spacial score (nSPS) is 19.3. The van der Waals surface area contributed by atoms with Gasteiger partial charge in [0.2, 0.25) is 0 Å². The highest BCUT2D eigenvalue weighted by Crippen LogP contribution is 2.38. The Hall–Kier alpha value is -3.41. The van der Waals surface area contributed by atoms with Crippen LogP contribution in [0, 0.1) is 10.1 Å². The number of hydrogen-bond donors (Lipinski definition) is 2. The molecule has 0 spiro atoms. The van der Waals surface area contributed by atoms with Gasteiger partial charge in [0.25, 0.3) is 11.6 Å². The number of alkyl halides is 3. The van der Waals surface area contributed by atoms with Crippen molar-refractivity contribution in [3.8, 4) is 0 Å².